The van der Waals surface area contributed by atoms with Crippen LogP contribution in [0.3, 0.4) is 0 Å². The summed E-state index contributed by atoms with van der Waals surface area (Å²) in [4.78, 5) is 27.7. The maximum absolute atomic E-state index is 11.8. The van der Waals surface area contributed by atoms with Crippen molar-refractivity contribution < 1.29 is 18.8 Å². The second-order valence-electron chi connectivity index (χ2n) is 5.53. The molecule has 0 aliphatic heterocycles. The smallest absolute Gasteiger partial charge is 0.306 e. The summed E-state index contributed by atoms with van der Waals surface area (Å²) in [7, 11) is 0. The van der Waals surface area contributed by atoms with Gasteiger partial charge in [0.2, 0.25) is 5.82 Å². The molecular formula is C18H16ClN3O4S. The van der Waals surface area contributed by atoms with Gasteiger partial charge in [-0.3, -0.25) is 9.59 Å². The van der Waals surface area contributed by atoms with Crippen LogP contribution in [0.4, 0.5) is 0 Å². The first kappa shape index (κ1) is 19.1. The second kappa shape index (κ2) is 9.29. The minimum Gasteiger partial charge on any atom is -0.457 e. The van der Waals surface area contributed by atoms with E-state index in [1.807, 2.05) is 11.4 Å². The third-order valence-electron chi connectivity index (χ3n) is 3.56. The Balaban J connectivity index is 1.38. The summed E-state index contributed by atoms with van der Waals surface area (Å²) in [5.41, 5.74) is 1.24. The van der Waals surface area contributed by atoms with Crippen molar-refractivity contribution in [2.45, 2.75) is 19.4 Å². The van der Waals surface area contributed by atoms with Gasteiger partial charge in [0.15, 0.2) is 6.61 Å². The van der Waals surface area contributed by atoms with Crippen LogP contribution < -0.4 is 5.32 Å². The van der Waals surface area contributed by atoms with Crippen LogP contribution in [0.15, 0.2) is 45.6 Å². The molecule has 1 amide bonds. The molecule has 3 aromatic rings. The van der Waals surface area contributed by atoms with Gasteiger partial charge in [-0.15, -0.1) is 0 Å². The molecule has 1 N–H and O–H groups in total. The first-order valence-corrected chi connectivity index (χ1v) is 9.49. The van der Waals surface area contributed by atoms with Crippen molar-refractivity contribution >= 4 is 34.8 Å². The lowest BCUT2D eigenvalue weighted by atomic mass is 10.2. The van der Waals surface area contributed by atoms with E-state index < -0.39 is 5.97 Å². The summed E-state index contributed by atoms with van der Waals surface area (Å²) >= 11 is 7.53. The van der Waals surface area contributed by atoms with Crippen molar-refractivity contribution in [2.24, 2.45) is 0 Å². The van der Waals surface area contributed by atoms with Gasteiger partial charge in [0.1, 0.15) is 0 Å². The van der Waals surface area contributed by atoms with Crippen molar-refractivity contribution in [3.05, 3.63) is 57.5 Å². The fraction of sp³-hybridized carbons (Fsp3) is 0.222. The molecule has 9 heteroatoms. The number of carbonyl (C=O) groups is 2. The van der Waals surface area contributed by atoms with Crippen molar-refractivity contribution in [1.82, 2.24) is 15.5 Å². The van der Waals surface area contributed by atoms with Gasteiger partial charge in [0, 0.05) is 23.9 Å². The molecule has 0 aliphatic rings. The highest BCUT2D eigenvalue weighted by Crippen LogP contribution is 2.25. The number of nitrogens with zero attached hydrogens (tertiary/aromatic N) is 2. The quantitative estimate of drug-likeness (QED) is 0.453. The van der Waals surface area contributed by atoms with Crippen LogP contribution in [0.25, 0.3) is 11.5 Å². The molecule has 7 nitrogen and oxygen atoms in total. The Morgan fingerprint density at radius 2 is 2.11 bits per heavy atom. The number of thiophene rings is 1. The van der Waals surface area contributed by atoms with Crippen LogP contribution in [0.5, 0.6) is 0 Å². The Bertz CT molecular complexity index is 911. The Kier molecular flexibility index (Phi) is 6.56. The van der Waals surface area contributed by atoms with Crippen LogP contribution >= 0.6 is 22.9 Å². The normalized spacial score (nSPS) is 10.6. The number of hydrogen-bond donors (Lipinski definition) is 1. The molecule has 0 aliphatic carbocycles. The van der Waals surface area contributed by atoms with Gasteiger partial charge in [0.05, 0.1) is 10.6 Å². The van der Waals surface area contributed by atoms with E-state index in [-0.39, 0.29) is 30.7 Å². The lowest BCUT2D eigenvalue weighted by molar-refractivity contribution is -0.145. The van der Waals surface area contributed by atoms with E-state index >= 15 is 0 Å². The topological polar surface area (TPSA) is 94.3 Å². The Morgan fingerprint density at radius 1 is 1.26 bits per heavy atom. The predicted molar refractivity (Wildman–Crippen MR) is 100 cm³/mol. The molecule has 27 heavy (non-hydrogen) atoms. The number of rotatable bonds is 8. The summed E-state index contributed by atoms with van der Waals surface area (Å²) in [5, 5.41) is 10.6. The van der Waals surface area contributed by atoms with Gasteiger partial charge in [-0.2, -0.15) is 16.3 Å². The molecule has 140 valence electrons. The molecule has 2 aromatic heterocycles. The lowest BCUT2D eigenvalue weighted by Crippen LogP contribution is -2.24. The number of halogens is 1. The molecule has 0 spiro atoms. The van der Waals surface area contributed by atoms with Crippen molar-refractivity contribution in [1.29, 1.82) is 0 Å². The standard InChI is InChI=1S/C18H16ClN3O4S/c19-14-5-2-1-4-13(14)18-21-15(22-26-18)10-25-16(23)6-3-8-20-17(24)12-7-9-27-11-12/h1-2,4-5,7,9,11H,3,6,8,10H2,(H,20,24). The van der Waals surface area contributed by atoms with E-state index in [2.05, 4.69) is 15.5 Å². The predicted octanol–water partition coefficient (Wildman–Crippen LogP) is 3.70. The Hall–Kier alpha value is -2.71. The van der Waals surface area contributed by atoms with E-state index in [1.54, 1.807) is 29.6 Å². The molecule has 3 rings (SSSR count). The van der Waals surface area contributed by atoms with Crippen LogP contribution in [0.1, 0.15) is 29.0 Å². The lowest BCUT2D eigenvalue weighted by Gasteiger charge is -2.04. The molecule has 1 aromatic carbocycles. The van der Waals surface area contributed by atoms with Crippen LogP contribution in [0, 0.1) is 0 Å². The number of esters is 1. The number of benzene rings is 1. The van der Waals surface area contributed by atoms with Crippen molar-refractivity contribution in [3.63, 3.8) is 0 Å². The average Bonchev–Trinajstić information content (AvgIpc) is 3.35. The highest BCUT2D eigenvalue weighted by Gasteiger charge is 2.13. The summed E-state index contributed by atoms with van der Waals surface area (Å²) in [5.74, 6) is -0.0285. The van der Waals surface area contributed by atoms with E-state index in [1.165, 1.54) is 11.3 Å². The van der Waals surface area contributed by atoms with Gasteiger partial charge >= 0.3 is 5.97 Å². The minimum absolute atomic E-state index is 0.0892. The number of aromatic nitrogens is 2. The largest absolute Gasteiger partial charge is 0.457 e. The fourth-order valence-electron chi connectivity index (χ4n) is 2.20. The molecule has 0 unspecified atom stereocenters. The summed E-state index contributed by atoms with van der Waals surface area (Å²) in [6.07, 6.45) is 0.658. The Morgan fingerprint density at radius 3 is 2.89 bits per heavy atom. The SMILES string of the molecule is O=C(CCCNC(=O)c1ccsc1)OCc1noc(-c2ccccc2Cl)n1. The van der Waals surface area contributed by atoms with E-state index in [0.29, 0.717) is 29.1 Å². The number of nitrogens with one attached hydrogen (secondary N) is 1. The zero-order chi connectivity index (χ0) is 19.1. The third kappa shape index (κ3) is 5.38. The van der Waals surface area contributed by atoms with Crippen LogP contribution in [0.2, 0.25) is 5.02 Å². The van der Waals surface area contributed by atoms with Crippen LogP contribution in [-0.2, 0) is 16.1 Å². The maximum Gasteiger partial charge on any atom is 0.306 e. The molecule has 2 heterocycles. The summed E-state index contributed by atoms with van der Waals surface area (Å²) in [6, 6.07) is 8.83. The van der Waals surface area contributed by atoms with Crippen LogP contribution in [-0.4, -0.2) is 28.6 Å². The monoisotopic (exact) mass is 405 g/mol. The molecule has 0 fully saturated rings. The van der Waals surface area contributed by atoms with Gasteiger partial charge in [-0.05, 0) is 30.0 Å². The molecule has 0 atom stereocenters. The van der Waals surface area contributed by atoms with Crippen molar-refractivity contribution in [2.75, 3.05) is 6.54 Å². The second-order valence-corrected chi connectivity index (χ2v) is 6.72. The average molecular weight is 406 g/mol. The summed E-state index contributed by atoms with van der Waals surface area (Å²) < 4.78 is 10.3. The first-order chi connectivity index (χ1) is 13.1. The van der Waals surface area contributed by atoms with E-state index in [9.17, 15) is 9.59 Å². The van der Waals surface area contributed by atoms with Gasteiger partial charge in [-0.1, -0.05) is 28.9 Å². The molecular weight excluding hydrogens is 390 g/mol. The molecule has 0 saturated carbocycles. The highest BCUT2D eigenvalue weighted by molar-refractivity contribution is 7.08. The minimum atomic E-state index is -0.399. The number of hydrogen-bond acceptors (Lipinski definition) is 7. The van der Waals surface area contributed by atoms with E-state index in [0.717, 1.165) is 0 Å². The highest BCUT2D eigenvalue weighted by atomic mass is 35.5. The maximum atomic E-state index is 11.8. The Labute approximate surface area is 164 Å². The molecule has 0 radical (unpaired) electrons. The zero-order valence-corrected chi connectivity index (χ0v) is 15.8. The first-order valence-electron chi connectivity index (χ1n) is 8.17. The number of carbonyl (C=O) groups excluding carboxylic acids is 2. The van der Waals surface area contributed by atoms with Gasteiger partial charge in [0.25, 0.3) is 11.8 Å². The van der Waals surface area contributed by atoms with Gasteiger partial charge in [-0.25, -0.2) is 0 Å². The number of ether oxygens (including phenoxy) is 1. The zero-order valence-electron chi connectivity index (χ0n) is 14.2. The molecule has 0 bridgehead atoms. The van der Waals surface area contributed by atoms with Gasteiger partial charge < -0.3 is 14.6 Å². The number of amides is 1. The fourth-order valence-corrected chi connectivity index (χ4v) is 3.06. The van der Waals surface area contributed by atoms with Crippen molar-refractivity contribution in [3.8, 4) is 11.5 Å². The summed E-state index contributed by atoms with van der Waals surface area (Å²) in [6.45, 7) is 0.302. The third-order valence-corrected chi connectivity index (χ3v) is 4.57. The van der Waals surface area contributed by atoms with E-state index in [4.69, 9.17) is 20.9 Å². The molecule has 0 saturated heterocycles.